The summed E-state index contributed by atoms with van der Waals surface area (Å²) in [6, 6.07) is 2.11. The van der Waals surface area contributed by atoms with Crippen molar-refractivity contribution in [2.75, 3.05) is 12.3 Å². The van der Waals surface area contributed by atoms with Crippen molar-refractivity contribution in [3.8, 4) is 5.75 Å². The van der Waals surface area contributed by atoms with Gasteiger partial charge in [0.05, 0.1) is 17.9 Å². The summed E-state index contributed by atoms with van der Waals surface area (Å²) in [5.41, 5.74) is 5.33. The summed E-state index contributed by atoms with van der Waals surface area (Å²) in [6.07, 6.45) is 2.06. The van der Waals surface area contributed by atoms with Gasteiger partial charge in [0.2, 0.25) is 0 Å². The SMILES string of the molecule is CCCC(C)COc1cc(F)c(C(=O)O)cc1N. The summed E-state index contributed by atoms with van der Waals surface area (Å²) in [4.78, 5) is 10.7. The van der Waals surface area contributed by atoms with Gasteiger partial charge in [-0.3, -0.25) is 0 Å². The van der Waals surface area contributed by atoms with Crippen LogP contribution in [0.4, 0.5) is 10.1 Å². The van der Waals surface area contributed by atoms with Crippen LogP contribution in [0.2, 0.25) is 0 Å². The Balaban J connectivity index is 2.79. The minimum Gasteiger partial charge on any atom is -0.491 e. The van der Waals surface area contributed by atoms with Crippen LogP contribution in [0.15, 0.2) is 12.1 Å². The van der Waals surface area contributed by atoms with Crippen LogP contribution in [0, 0.1) is 11.7 Å². The van der Waals surface area contributed by atoms with Gasteiger partial charge < -0.3 is 15.6 Å². The predicted molar refractivity (Wildman–Crippen MR) is 67.3 cm³/mol. The van der Waals surface area contributed by atoms with Gasteiger partial charge in [0.1, 0.15) is 11.6 Å². The standard InChI is InChI=1S/C13H18FNO3/c1-3-4-8(2)7-18-12-6-10(14)9(13(16)17)5-11(12)15/h5-6,8H,3-4,7,15H2,1-2H3,(H,16,17). The molecular weight excluding hydrogens is 237 g/mol. The summed E-state index contributed by atoms with van der Waals surface area (Å²) in [7, 11) is 0. The molecule has 0 saturated carbocycles. The Labute approximate surface area is 106 Å². The van der Waals surface area contributed by atoms with Crippen LogP contribution in [-0.4, -0.2) is 17.7 Å². The lowest BCUT2D eigenvalue weighted by molar-refractivity contribution is 0.0692. The van der Waals surface area contributed by atoms with Gasteiger partial charge in [-0.2, -0.15) is 0 Å². The average molecular weight is 255 g/mol. The van der Waals surface area contributed by atoms with Gasteiger partial charge in [-0.15, -0.1) is 0 Å². The molecular formula is C13H18FNO3. The van der Waals surface area contributed by atoms with E-state index in [0.29, 0.717) is 12.5 Å². The fourth-order valence-electron chi connectivity index (χ4n) is 1.67. The molecule has 5 heteroatoms. The molecule has 0 aliphatic carbocycles. The van der Waals surface area contributed by atoms with E-state index in [9.17, 15) is 9.18 Å². The number of hydrogen-bond donors (Lipinski definition) is 2. The average Bonchev–Trinajstić information content (AvgIpc) is 2.29. The van der Waals surface area contributed by atoms with Crippen molar-refractivity contribution in [2.45, 2.75) is 26.7 Å². The summed E-state index contributed by atoms with van der Waals surface area (Å²) >= 11 is 0. The second kappa shape index (κ2) is 6.23. The molecule has 1 aromatic rings. The van der Waals surface area contributed by atoms with Gasteiger partial charge in [0, 0.05) is 6.07 Å². The number of benzene rings is 1. The van der Waals surface area contributed by atoms with Gasteiger partial charge in [-0.05, 0) is 18.4 Å². The first-order chi connectivity index (χ1) is 8.45. The monoisotopic (exact) mass is 255 g/mol. The number of hydrogen-bond acceptors (Lipinski definition) is 3. The summed E-state index contributed by atoms with van der Waals surface area (Å²) < 4.78 is 18.8. The topological polar surface area (TPSA) is 72.5 Å². The zero-order valence-electron chi connectivity index (χ0n) is 10.6. The van der Waals surface area contributed by atoms with Crippen molar-refractivity contribution >= 4 is 11.7 Å². The fraction of sp³-hybridized carbons (Fsp3) is 0.462. The Hall–Kier alpha value is -1.78. The molecule has 0 fully saturated rings. The molecule has 18 heavy (non-hydrogen) atoms. The lowest BCUT2D eigenvalue weighted by atomic mass is 10.1. The number of carboxylic acid groups (broad SMARTS) is 1. The molecule has 1 rings (SSSR count). The number of carboxylic acids is 1. The van der Waals surface area contributed by atoms with Crippen LogP contribution in [0.3, 0.4) is 0 Å². The number of rotatable bonds is 6. The Kier molecular flexibility index (Phi) is 4.95. The van der Waals surface area contributed by atoms with Crippen LogP contribution in [0.1, 0.15) is 37.0 Å². The molecule has 0 aliphatic heterocycles. The molecule has 0 radical (unpaired) electrons. The molecule has 0 saturated heterocycles. The quantitative estimate of drug-likeness (QED) is 0.766. The van der Waals surface area contributed by atoms with Crippen LogP contribution in [0.5, 0.6) is 5.75 Å². The molecule has 1 aromatic carbocycles. The zero-order chi connectivity index (χ0) is 13.7. The van der Waals surface area contributed by atoms with Gasteiger partial charge in [-0.1, -0.05) is 20.3 Å². The first-order valence-corrected chi connectivity index (χ1v) is 5.90. The highest BCUT2D eigenvalue weighted by Crippen LogP contribution is 2.26. The normalized spacial score (nSPS) is 12.2. The highest BCUT2D eigenvalue weighted by molar-refractivity contribution is 5.89. The van der Waals surface area contributed by atoms with Gasteiger partial charge in [0.15, 0.2) is 0 Å². The van der Waals surface area contributed by atoms with Crippen LogP contribution < -0.4 is 10.5 Å². The van der Waals surface area contributed by atoms with Gasteiger partial charge in [-0.25, -0.2) is 9.18 Å². The van der Waals surface area contributed by atoms with E-state index in [2.05, 4.69) is 6.92 Å². The molecule has 0 aromatic heterocycles. The van der Waals surface area contributed by atoms with E-state index in [-0.39, 0.29) is 11.4 Å². The molecule has 3 N–H and O–H groups in total. The predicted octanol–water partition coefficient (Wildman–Crippen LogP) is 2.92. The minimum absolute atomic E-state index is 0.137. The largest absolute Gasteiger partial charge is 0.491 e. The summed E-state index contributed by atoms with van der Waals surface area (Å²) in [5.74, 6) is -1.64. The second-order valence-corrected chi connectivity index (χ2v) is 4.38. The van der Waals surface area contributed by atoms with E-state index in [1.54, 1.807) is 0 Å². The molecule has 0 bridgehead atoms. The fourth-order valence-corrected chi connectivity index (χ4v) is 1.67. The molecule has 0 aliphatic rings. The third-order valence-corrected chi connectivity index (χ3v) is 2.63. The maximum absolute atomic E-state index is 13.4. The highest BCUT2D eigenvalue weighted by atomic mass is 19.1. The van der Waals surface area contributed by atoms with Crippen LogP contribution in [0.25, 0.3) is 0 Å². The molecule has 4 nitrogen and oxygen atoms in total. The van der Waals surface area contributed by atoms with Crippen molar-refractivity contribution in [2.24, 2.45) is 5.92 Å². The van der Waals surface area contributed by atoms with Crippen molar-refractivity contribution in [1.29, 1.82) is 0 Å². The van der Waals surface area contributed by atoms with Crippen molar-refractivity contribution in [3.63, 3.8) is 0 Å². The summed E-state index contributed by atoms with van der Waals surface area (Å²) in [6.45, 7) is 4.54. The minimum atomic E-state index is -1.34. The second-order valence-electron chi connectivity index (χ2n) is 4.38. The van der Waals surface area contributed by atoms with Crippen LogP contribution >= 0.6 is 0 Å². The third kappa shape index (κ3) is 3.61. The Bertz CT molecular complexity index is 434. The number of halogens is 1. The van der Waals surface area contributed by atoms with E-state index >= 15 is 0 Å². The zero-order valence-corrected chi connectivity index (χ0v) is 10.6. The Morgan fingerprint density at radius 2 is 2.22 bits per heavy atom. The van der Waals surface area contributed by atoms with Crippen molar-refractivity contribution in [1.82, 2.24) is 0 Å². The van der Waals surface area contributed by atoms with Crippen molar-refractivity contribution in [3.05, 3.63) is 23.5 Å². The molecule has 1 unspecified atom stereocenters. The molecule has 100 valence electrons. The van der Waals surface area contributed by atoms with Crippen LogP contribution in [-0.2, 0) is 0 Å². The highest BCUT2D eigenvalue weighted by Gasteiger charge is 2.15. The smallest absolute Gasteiger partial charge is 0.338 e. The molecule has 0 spiro atoms. The number of nitrogen functional groups attached to an aromatic ring is 1. The maximum Gasteiger partial charge on any atom is 0.338 e. The van der Waals surface area contributed by atoms with E-state index < -0.39 is 17.3 Å². The Morgan fingerprint density at radius 3 is 2.78 bits per heavy atom. The van der Waals surface area contributed by atoms with E-state index in [4.69, 9.17) is 15.6 Å². The van der Waals surface area contributed by atoms with E-state index in [1.165, 1.54) is 0 Å². The number of ether oxygens (including phenoxy) is 1. The first kappa shape index (κ1) is 14.3. The van der Waals surface area contributed by atoms with Gasteiger partial charge >= 0.3 is 5.97 Å². The summed E-state index contributed by atoms with van der Waals surface area (Å²) in [5, 5.41) is 8.73. The lowest BCUT2D eigenvalue weighted by Crippen LogP contribution is -2.10. The van der Waals surface area contributed by atoms with E-state index in [1.807, 2.05) is 6.92 Å². The van der Waals surface area contributed by atoms with Gasteiger partial charge in [0.25, 0.3) is 0 Å². The molecule has 0 amide bonds. The third-order valence-electron chi connectivity index (χ3n) is 2.63. The number of nitrogens with two attached hydrogens (primary N) is 1. The molecule has 1 atom stereocenters. The number of carbonyl (C=O) groups is 1. The molecule has 0 heterocycles. The maximum atomic E-state index is 13.4. The Morgan fingerprint density at radius 1 is 1.56 bits per heavy atom. The van der Waals surface area contributed by atoms with Crippen molar-refractivity contribution < 1.29 is 19.0 Å². The van der Waals surface area contributed by atoms with E-state index in [0.717, 1.165) is 25.0 Å². The first-order valence-electron chi connectivity index (χ1n) is 5.90. The number of aromatic carboxylic acids is 1. The number of anilines is 1. The lowest BCUT2D eigenvalue weighted by Gasteiger charge is -2.14.